The first-order valence-corrected chi connectivity index (χ1v) is 7.99. The molecule has 2 aromatic carbocycles. The van der Waals surface area contributed by atoms with Crippen LogP contribution in [0.5, 0.6) is 0 Å². The topological polar surface area (TPSA) is 96.9 Å². The van der Waals surface area contributed by atoms with Crippen molar-refractivity contribution in [2.24, 2.45) is 0 Å². The van der Waals surface area contributed by atoms with Gasteiger partial charge in [0.2, 0.25) is 5.91 Å². The molecule has 26 heavy (non-hydrogen) atoms. The van der Waals surface area contributed by atoms with Crippen LogP contribution in [0.15, 0.2) is 70.4 Å². The van der Waals surface area contributed by atoms with E-state index in [1.807, 2.05) is 24.3 Å². The third-order valence-corrected chi connectivity index (χ3v) is 4.11. The molecule has 4 rings (SSSR count). The predicted octanol–water partition coefficient (Wildman–Crippen LogP) is 1.88. The molecular formula is C19H14N4O3. The highest BCUT2D eigenvalue weighted by Gasteiger charge is 2.12. The number of H-pyrrole nitrogens is 1. The Morgan fingerprint density at radius 2 is 1.85 bits per heavy atom. The second-order valence-electron chi connectivity index (χ2n) is 5.79. The Morgan fingerprint density at radius 1 is 1.04 bits per heavy atom. The van der Waals surface area contributed by atoms with E-state index in [1.165, 1.54) is 4.57 Å². The van der Waals surface area contributed by atoms with Gasteiger partial charge in [-0.2, -0.15) is 0 Å². The summed E-state index contributed by atoms with van der Waals surface area (Å²) in [4.78, 5) is 43.1. The average Bonchev–Trinajstić information content (AvgIpc) is 2.65. The Kier molecular flexibility index (Phi) is 3.81. The Morgan fingerprint density at radius 3 is 2.73 bits per heavy atom. The van der Waals surface area contributed by atoms with Gasteiger partial charge >= 0.3 is 5.69 Å². The fourth-order valence-electron chi connectivity index (χ4n) is 2.94. The van der Waals surface area contributed by atoms with Crippen molar-refractivity contribution in [2.45, 2.75) is 6.54 Å². The number of aromatic amines is 1. The van der Waals surface area contributed by atoms with Gasteiger partial charge in [-0.3, -0.25) is 24.1 Å². The van der Waals surface area contributed by atoms with Crippen LogP contribution >= 0.6 is 0 Å². The number of carbonyl (C=O) groups is 1. The molecule has 4 aromatic rings. The minimum Gasteiger partial charge on any atom is -0.323 e. The van der Waals surface area contributed by atoms with E-state index >= 15 is 0 Å². The summed E-state index contributed by atoms with van der Waals surface area (Å²) in [6.45, 7) is -0.223. The van der Waals surface area contributed by atoms with Crippen molar-refractivity contribution >= 4 is 33.4 Å². The number of rotatable bonds is 3. The average molecular weight is 346 g/mol. The number of para-hydroxylation sites is 2. The Labute approximate surface area is 146 Å². The zero-order chi connectivity index (χ0) is 18.1. The van der Waals surface area contributed by atoms with Gasteiger partial charge in [0.25, 0.3) is 5.56 Å². The Balaban J connectivity index is 1.70. The number of hydrogen-bond donors (Lipinski definition) is 2. The van der Waals surface area contributed by atoms with Crippen molar-refractivity contribution in [1.29, 1.82) is 0 Å². The number of benzene rings is 2. The summed E-state index contributed by atoms with van der Waals surface area (Å²) in [5.74, 6) is -0.387. The fourth-order valence-corrected chi connectivity index (χ4v) is 2.94. The van der Waals surface area contributed by atoms with E-state index in [0.29, 0.717) is 22.1 Å². The van der Waals surface area contributed by atoms with Gasteiger partial charge in [-0.25, -0.2) is 4.79 Å². The number of aromatic nitrogens is 3. The van der Waals surface area contributed by atoms with Crippen molar-refractivity contribution in [2.75, 3.05) is 5.32 Å². The third-order valence-electron chi connectivity index (χ3n) is 4.11. The van der Waals surface area contributed by atoms with E-state index in [-0.39, 0.29) is 12.5 Å². The molecular weight excluding hydrogens is 332 g/mol. The molecule has 0 aliphatic carbocycles. The molecule has 0 aliphatic heterocycles. The van der Waals surface area contributed by atoms with Crippen LogP contribution in [0.3, 0.4) is 0 Å². The van der Waals surface area contributed by atoms with Crippen LogP contribution in [0.1, 0.15) is 0 Å². The van der Waals surface area contributed by atoms with Gasteiger partial charge in [0, 0.05) is 11.6 Å². The normalized spacial score (nSPS) is 10.9. The summed E-state index contributed by atoms with van der Waals surface area (Å²) in [6, 6.07) is 15.9. The number of anilines is 1. The minimum atomic E-state index is -0.625. The third kappa shape index (κ3) is 2.75. The number of fused-ring (bicyclic) bond motifs is 2. The first kappa shape index (κ1) is 15.8. The highest BCUT2D eigenvalue weighted by molar-refractivity contribution is 6.00. The maximum absolute atomic E-state index is 12.5. The van der Waals surface area contributed by atoms with E-state index < -0.39 is 11.2 Å². The van der Waals surface area contributed by atoms with Crippen molar-refractivity contribution < 1.29 is 4.79 Å². The zero-order valence-corrected chi connectivity index (χ0v) is 13.6. The molecule has 1 amide bonds. The summed E-state index contributed by atoms with van der Waals surface area (Å²) in [7, 11) is 0. The lowest BCUT2D eigenvalue weighted by atomic mass is 10.2. The summed E-state index contributed by atoms with van der Waals surface area (Å²) in [5.41, 5.74) is 0.546. The standard InChI is InChI=1S/C19H14N4O3/c24-16(21-14-8-3-5-12-6-4-10-20-17(12)14)11-23-15-9-2-1-7-13(15)18(25)22-19(23)26/h1-10H,11H2,(H,21,24)(H,22,25,26). The van der Waals surface area contributed by atoms with E-state index in [4.69, 9.17) is 0 Å². The number of hydrogen-bond acceptors (Lipinski definition) is 4. The SMILES string of the molecule is O=C(Cn1c(=O)[nH]c(=O)c2ccccc21)Nc1cccc2cccnc12. The van der Waals surface area contributed by atoms with E-state index in [1.54, 1.807) is 36.5 Å². The monoisotopic (exact) mass is 346 g/mol. The van der Waals surface area contributed by atoms with Crippen molar-refractivity contribution in [3.63, 3.8) is 0 Å². The van der Waals surface area contributed by atoms with Crippen LogP contribution in [-0.2, 0) is 11.3 Å². The molecule has 2 heterocycles. The molecule has 7 nitrogen and oxygen atoms in total. The molecule has 0 bridgehead atoms. The van der Waals surface area contributed by atoms with Crippen molar-refractivity contribution in [3.05, 3.63) is 81.6 Å². The van der Waals surface area contributed by atoms with Gasteiger partial charge in [-0.1, -0.05) is 30.3 Å². The number of carbonyl (C=O) groups excluding carboxylic acids is 1. The smallest absolute Gasteiger partial charge is 0.323 e. The van der Waals surface area contributed by atoms with Gasteiger partial charge in [0.15, 0.2) is 0 Å². The van der Waals surface area contributed by atoms with Gasteiger partial charge in [0.05, 0.1) is 22.1 Å². The lowest BCUT2D eigenvalue weighted by molar-refractivity contribution is -0.116. The van der Waals surface area contributed by atoms with Crippen LogP contribution in [0, 0.1) is 0 Å². The molecule has 2 N–H and O–H groups in total. The fraction of sp³-hybridized carbons (Fsp3) is 0.0526. The highest BCUT2D eigenvalue weighted by atomic mass is 16.2. The summed E-state index contributed by atoms with van der Waals surface area (Å²) < 4.78 is 1.24. The number of amides is 1. The second-order valence-corrected chi connectivity index (χ2v) is 5.79. The number of nitrogens with one attached hydrogen (secondary N) is 2. The second kappa shape index (κ2) is 6.29. The van der Waals surface area contributed by atoms with Gasteiger partial charge in [-0.15, -0.1) is 0 Å². The van der Waals surface area contributed by atoms with E-state index in [9.17, 15) is 14.4 Å². The first-order valence-electron chi connectivity index (χ1n) is 7.99. The predicted molar refractivity (Wildman–Crippen MR) is 99.2 cm³/mol. The van der Waals surface area contributed by atoms with Crippen LogP contribution < -0.4 is 16.6 Å². The summed E-state index contributed by atoms with van der Waals surface area (Å²) in [5, 5.41) is 4.04. The lowest BCUT2D eigenvalue weighted by Gasteiger charge is -2.11. The molecule has 7 heteroatoms. The molecule has 0 spiro atoms. The van der Waals surface area contributed by atoms with Gasteiger partial charge < -0.3 is 5.32 Å². The molecule has 0 saturated carbocycles. The van der Waals surface area contributed by atoms with Crippen LogP contribution in [0.25, 0.3) is 21.8 Å². The minimum absolute atomic E-state index is 0.223. The Hall–Kier alpha value is -3.74. The largest absolute Gasteiger partial charge is 0.329 e. The quantitative estimate of drug-likeness (QED) is 0.592. The number of pyridine rings is 1. The van der Waals surface area contributed by atoms with Crippen LogP contribution in [0.4, 0.5) is 5.69 Å². The van der Waals surface area contributed by atoms with Gasteiger partial charge in [-0.05, 0) is 24.3 Å². The van der Waals surface area contributed by atoms with Crippen LogP contribution in [-0.4, -0.2) is 20.4 Å². The maximum atomic E-state index is 12.5. The molecule has 0 saturated heterocycles. The highest BCUT2D eigenvalue weighted by Crippen LogP contribution is 2.20. The molecule has 2 aromatic heterocycles. The summed E-state index contributed by atoms with van der Waals surface area (Å²) in [6.07, 6.45) is 1.65. The molecule has 0 radical (unpaired) electrons. The molecule has 0 aliphatic rings. The molecule has 0 unspecified atom stereocenters. The molecule has 0 atom stereocenters. The summed E-state index contributed by atoms with van der Waals surface area (Å²) >= 11 is 0. The first-order chi connectivity index (χ1) is 12.6. The van der Waals surface area contributed by atoms with Gasteiger partial charge in [0.1, 0.15) is 6.54 Å². The maximum Gasteiger partial charge on any atom is 0.329 e. The zero-order valence-electron chi connectivity index (χ0n) is 13.6. The van der Waals surface area contributed by atoms with Crippen molar-refractivity contribution in [3.8, 4) is 0 Å². The molecule has 128 valence electrons. The van der Waals surface area contributed by atoms with Crippen LogP contribution in [0.2, 0.25) is 0 Å². The van der Waals surface area contributed by atoms with E-state index in [0.717, 1.165) is 5.39 Å². The Bertz CT molecular complexity index is 1250. The lowest BCUT2D eigenvalue weighted by Crippen LogP contribution is -2.34. The molecule has 0 fully saturated rings. The van der Waals surface area contributed by atoms with E-state index in [2.05, 4.69) is 15.3 Å². The van der Waals surface area contributed by atoms with Crippen molar-refractivity contribution in [1.82, 2.24) is 14.5 Å². The number of nitrogens with zero attached hydrogens (tertiary/aromatic N) is 2.